The summed E-state index contributed by atoms with van der Waals surface area (Å²) in [6.07, 6.45) is -0.740. The number of benzene rings is 2. The zero-order valence-electron chi connectivity index (χ0n) is 20.1. The Morgan fingerprint density at radius 3 is 2.53 bits per heavy atom. The molecule has 180 valence electrons. The molecule has 0 spiro atoms. The SMILES string of the molecule is COc1ccc(OC)c([C@H]2[C@H](Oc3cccc(C#N)c3)C(=O)N2CC(C)(C)N2CCOCC2)c1. The smallest absolute Gasteiger partial charge is 0.266 e. The van der Waals surface area contributed by atoms with Gasteiger partial charge in [0.2, 0.25) is 6.10 Å². The number of hydrogen-bond donors (Lipinski definition) is 0. The highest BCUT2D eigenvalue weighted by Gasteiger charge is 2.53. The van der Waals surface area contributed by atoms with Crippen molar-refractivity contribution in [2.24, 2.45) is 0 Å². The number of likely N-dealkylation sites (tertiary alicyclic amines) is 1. The van der Waals surface area contributed by atoms with Gasteiger partial charge >= 0.3 is 0 Å². The number of hydrogen-bond acceptors (Lipinski definition) is 7. The van der Waals surface area contributed by atoms with Crippen LogP contribution in [0, 0.1) is 11.3 Å². The fourth-order valence-corrected chi connectivity index (χ4v) is 4.68. The minimum Gasteiger partial charge on any atom is -0.497 e. The Bertz CT molecular complexity index is 1070. The summed E-state index contributed by atoms with van der Waals surface area (Å²) in [5, 5.41) is 9.24. The van der Waals surface area contributed by atoms with Crippen molar-refractivity contribution in [1.29, 1.82) is 5.26 Å². The van der Waals surface area contributed by atoms with Gasteiger partial charge in [-0.25, -0.2) is 0 Å². The molecule has 0 aromatic heterocycles. The highest BCUT2D eigenvalue weighted by Crippen LogP contribution is 2.44. The number of methoxy groups -OCH3 is 2. The average Bonchev–Trinajstić information content (AvgIpc) is 2.88. The lowest BCUT2D eigenvalue weighted by Crippen LogP contribution is -2.66. The fraction of sp³-hybridized carbons (Fsp3) is 0.462. The van der Waals surface area contributed by atoms with Crippen LogP contribution >= 0.6 is 0 Å². The first-order valence-electron chi connectivity index (χ1n) is 11.4. The Balaban J connectivity index is 1.67. The molecule has 2 aliphatic rings. The zero-order valence-corrected chi connectivity index (χ0v) is 20.1. The number of carbonyl (C=O) groups is 1. The molecule has 2 fully saturated rings. The molecule has 2 heterocycles. The summed E-state index contributed by atoms with van der Waals surface area (Å²) in [5.74, 6) is 1.72. The number of nitriles is 1. The van der Waals surface area contributed by atoms with Crippen LogP contribution in [-0.4, -0.2) is 74.4 Å². The van der Waals surface area contributed by atoms with Crippen molar-refractivity contribution in [1.82, 2.24) is 9.80 Å². The molecule has 0 aliphatic carbocycles. The van der Waals surface area contributed by atoms with Gasteiger partial charge in [-0.15, -0.1) is 0 Å². The van der Waals surface area contributed by atoms with Gasteiger partial charge in [0.15, 0.2) is 0 Å². The van der Waals surface area contributed by atoms with Gasteiger partial charge in [0.25, 0.3) is 5.91 Å². The molecule has 34 heavy (non-hydrogen) atoms. The van der Waals surface area contributed by atoms with Gasteiger partial charge in [-0.2, -0.15) is 5.26 Å². The van der Waals surface area contributed by atoms with Crippen LogP contribution in [0.2, 0.25) is 0 Å². The van der Waals surface area contributed by atoms with E-state index in [0.29, 0.717) is 42.6 Å². The van der Waals surface area contributed by atoms with Crippen LogP contribution in [0.5, 0.6) is 17.2 Å². The Hall–Kier alpha value is -3.28. The Kier molecular flexibility index (Phi) is 6.96. The summed E-state index contributed by atoms with van der Waals surface area (Å²) in [5.41, 5.74) is 1.04. The molecule has 1 amide bonds. The van der Waals surface area contributed by atoms with Crippen LogP contribution in [0.15, 0.2) is 42.5 Å². The van der Waals surface area contributed by atoms with Crippen molar-refractivity contribution in [3.63, 3.8) is 0 Å². The predicted molar refractivity (Wildman–Crippen MR) is 126 cm³/mol. The number of amides is 1. The zero-order chi connectivity index (χ0) is 24.3. The van der Waals surface area contributed by atoms with Crippen LogP contribution < -0.4 is 14.2 Å². The highest BCUT2D eigenvalue weighted by molar-refractivity contribution is 5.89. The van der Waals surface area contributed by atoms with Crippen molar-refractivity contribution in [3.8, 4) is 23.3 Å². The average molecular weight is 466 g/mol. The molecular weight excluding hydrogens is 434 g/mol. The molecule has 2 aliphatic heterocycles. The third kappa shape index (κ3) is 4.67. The van der Waals surface area contributed by atoms with Crippen molar-refractivity contribution < 1.29 is 23.7 Å². The lowest BCUT2D eigenvalue weighted by Gasteiger charge is -2.52. The van der Waals surface area contributed by atoms with E-state index < -0.39 is 6.10 Å². The lowest BCUT2D eigenvalue weighted by molar-refractivity contribution is -0.168. The first-order valence-corrected chi connectivity index (χ1v) is 11.4. The third-order valence-electron chi connectivity index (χ3n) is 6.56. The van der Waals surface area contributed by atoms with E-state index in [9.17, 15) is 10.1 Å². The monoisotopic (exact) mass is 465 g/mol. The van der Waals surface area contributed by atoms with Crippen LogP contribution in [-0.2, 0) is 9.53 Å². The number of β-lactam (4-membered cyclic amide) rings is 1. The first-order chi connectivity index (χ1) is 16.4. The quantitative estimate of drug-likeness (QED) is 0.554. The first kappa shape index (κ1) is 23.9. The molecule has 0 saturated carbocycles. The Labute approximate surface area is 200 Å². The van der Waals surface area contributed by atoms with Gasteiger partial charge in [0.1, 0.15) is 23.3 Å². The molecule has 0 bridgehead atoms. The van der Waals surface area contributed by atoms with Crippen LogP contribution in [0.25, 0.3) is 0 Å². The van der Waals surface area contributed by atoms with Gasteiger partial charge in [-0.3, -0.25) is 9.69 Å². The van der Waals surface area contributed by atoms with Gasteiger partial charge in [-0.1, -0.05) is 6.07 Å². The molecule has 0 unspecified atom stereocenters. The van der Waals surface area contributed by atoms with E-state index in [4.69, 9.17) is 18.9 Å². The molecule has 2 saturated heterocycles. The summed E-state index contributed by atoms with van der Waals surface area (Å²) in [4.78, 5) is 17.6. The molecule has 0 N–H and O–H groups in total. The van der Waals surface area contributed by atoms with Gasteiger partial charge in [0.05, 0.1) is 39.1 Å². The highest BCUT2D eigenvalue weighted by atomic mass is 16.5. The maximum Gasteiger partial charge on any atom is 0.266 e. The minimum atomic E-state index is -0.740. The van der Waals surface area contributed by atoms with Crippen LogP contribution in [0.4, 0.5) is 0 Å². The summed E-state index contributed by atoms with van der Waals surface area (Å²) >= 11 is 0. The Morgan fingerprint density at radius 2 is 1.85 bits per heavy atom. The maximum atomic E-state index is 13.4. The van der Waals surface area contributed by atoms with E-state index in [1.165, 1.54) is 0 Å². The molecule has 4 rings (SSSR count). The molecule has 2 aromatic rings. The fourth-order valence-electron chi connectivity index (χ4n) is 4.68. The summed E-state index contributed by atoms with van der Waals surface area (Å²) in [7, 11) is 3.22. The van der Waals surface area contributed by atoms with E-state index >= 15 is 0 Å². The van der Waals surface area contributed by atoms with Crippen molar-refractivity contribution in [2.75, 3.05) is 47.1 Å². The lowest BCUT2D eigenvalue weighted by atomic mass is 9.87. The summed E-state index contributed by atoms with van der Waals surface area (Å²) in [6.45, 7) is 7.84. The molecule has 0 radical (unpaired) electrons. The van der Waals surface area contributed by atoms with Gasteiger partial charge in [0, 0.05) is 30.7 Å². The van der Waals surface area contributed by atoms with E-state index in [1.807, 2.05) is 23.1 Å². The van der Waals surface area contributed by atoms with Crippen molar-refractivity contribution in [2.45, 2.75) is 31.5 Å². The topological polar surface area (TPSA) is 84.3 Å². The van der Waals surface area contributed by atoms with E-state index in [1.54, 1.807) is 38.5 Å². The third-order valence-corrected chi connectivity index (χ3v) is 6.56. The second kappa shape index (κ2) is 9.92. The molecular formula is C26H31N3O5. The second-order valence-corrected chi connectivity index (χ2v) is 9.11. The maximum absolute atomic E-state index is 13.4. The summed E-state index contributed by atoms with van der Waals surface area (Å²) < 4.78 is 22.8. The number of rotatable bonds is 8. The van der Waals surface area contributed by atoms with E-state index in [-0.39, 0.29) is 17.5 Å². The molecule has 8 heteroatoms. The van der Waals surface area contributed by atoms with Crippen LogP contribution in [0.1, 0.15) is 31.0 Å². The molecule has 8 nitrogen and oxygen atoms in total. The van der Waals surface area contributed by atoms with Crippen molar-refractivity contribution >= 4 is 5.91 Å². The van der Waals surface area contributed by atoms with E-state index in [2.05, 4.69) is 24.8 Å². The minimum absolute atomic E-state index is 0.0985. The number of ether oxygens (including phenoxy) is 4. The number of morpholine rings is 1. The standard InChI is InChI=1S/C26H31N3O5/c1-26(2,28-10-12-33-13-11-28)17-29-23(21-15-19(31-3)8-9-22(21)32-4)24(25(29)30)34-20-7-5-6-18(14-20)16-27/h5-9,14-15,23-24H,10-13,17H2,1-4H3/t23-,24-/m0/s1. The number of nitrogens with zero attached hydrogens (tertiary/aromatic N) is 3. The van der Waals surface area contributed by atoms with Gasteiger partial charge < -0.3 is 23.8 Å². The largest absolute Gasteiger partial charge is 0.497 e. The molecule has 2 atom stereocenters. The molecule has 2 aromatic carbocycles. The number of carbonyl (C=O) groups excluding carboxylic acids is 1. The Morgan fingerprint density at radius 1 is 1.09 bits per heavy atom. The van der Waals surface area contributed by atoms with Crippen LogP contribution in [0.3, 0.4) is 0 Å². The normalized spacial score (nSPS) is 20.9. The van der Waals surface area contributed by atoms with Gasteiger partial charge in [-0.05, 0) is 50.2 Å². The summed E-state index contributed by atoms with van der Waals surface area (Å²) in [6, 6.07) is 14.2. The second-order valence-electron chi connectivity index (χ2n) is 9.11. The van der Waals surface area contributed by atoms with Crippen molar-refractivity contribution in [3.05, 3.63) is 53.6 Å². The van der Waals surface area contributed by atoms with E-state index in [0.717, 1.165) is 18.7 Å². The predicted octanol–water partition coefficient (Wildman–Crippen LogP) is 3.02.